The lowest BCUT2D eigenvalue weighted by molar-refractivity contribution is -0.124. The normalized spacial score (nSPS) is 21.3. The number of nitrogens with zero attached hydrogens (tertiary/aromatic N) is 4. The number of aromatic nitrogens is 2. The molecule has 1 aromatic carbocycles. The van der Waals surface area contributed by atoms with Gasteiger partial charge in [-0.05, 0) is 62.5 Å². The van der Waals surface area contributed by atoms with E-state index >= 15 is 0 Å². The number of likely N-dealkylation sites (N-methyl/N-ethyl adjacent to an activating group) is 1. The van der Waals surface area contributed by atoms with E-state index in [1.807, 2.05) is 25.2 Å². The molecule has 0 radical (unpaired) electrons. The van der Waals surface area contributed by atoms with E-state index in [2.05, 4.69) is 14.9 Å². The van der Waals surface area contributed by atoms with Gasteiger partial charge in [-0.1, -0.05) is 11.6 Å². The molecule has 0 N–H and O–H groups in total. The largest absolute Gasteiger partial charge is 0.489 e. The summed E-state index contributed by atoms with van der Waals surface area (Å²) >= 11 is 6.24. The number of rotatable bonds is 6. The fourth-order valence-corrected chi connectivity index (χ4v) is 6.62. The number of hydrogen-bond acceptors (Lipinski definition) is 7. The summed E-state index contributed by atoms with van der Waals surface area (Å²) in [4.78, 5) is 25.7. The number of ether oxygens (including phenoxy) is 1. The number of amides is 1. The molecule has 1 amide bonds. The molecule has 1 saturated heterocycles. The average molecular weight is 491 g/mol. The molecule has 2 fully saturated rings. The molecule has 8 nitrogen and oxygen atoms in total. The zero-order chi connectivity index (χ0) is 23.4. The summed E-state index contributed by atoms with van der Waals surface area (Å²) in [7, 11) is -1.40. The van der Waals surface area contributed by atoms with Crippen molar-refractivity contribution in [3.8, 4) is 5.75 Å². The molecule has 3 aliphatic rings. The molecule has 1 spiro atoms. The summed E-state index contributed by atoms with van der Waals surface area (Å²) in [6.45, 7) is 2.77. The molecule has 2 aliphatic heterocycles. The summed E-state index contributed by atoms with van der Waals surface area (Å²) in [6, 6.07) is 5.70. The van der Waals surface area contributed by atoms with Gasteiger partial charge in [-0.15, -0.1) is 0 Å². The van der Waals surface area contributed by atoms with Gasteiger partial charge in [0.05, 0.1) is 17.8 Å². The predicted molar refractivity (Wildman–Crippen MR) is 125 cm³/mol. The number of carbonyl (C=O) groups excluding carboxylic acids is 1. The van der Waals surface area contributed by atoms with Crippen LogP contribution < -0.4 is 9.64 Å². The van der Waals surface area contributed by atoms with Gasteiger partial charge in [0, 0.05) is 30.6 Å². The minimum Gasteiger partial charge on any atom is -0.489 e. The van der Waals surface area contributed by atoms with Crippen LogP contribution in [0.5, 0.6) is 5.75 Å². The van der Waals surface area contributed by atoms with E-state index in [1.165, 1.54) is 6.26 Å². The van der Waals surface area contributed by atoms with Crippen LogP contribution in [0.25, 0.3) is 0 Å². The molecule has 176 valence electrons. The van der Waals surface area contributed by atoms with Gasteiger partial charge in [0.2, 0.25) is 5.91 Å². The zero-order valence-corrected chi connectivity index (χ0v) is 20.3. The second-order valence-corrected chi connectivity index (χ2v) is 12.1. The number of sulfone groups is 1. The van der Waals surface area contributed by atoms with Crippen molar-refractivity contribution in [2.45, 2.75) is 35.8 Å². The molecule has 0 atom stereocenters. The van der Waals surface area contributed by atoms with Crippen molar-refractivity contribution in [1.82, 2.24) is 14.9 Å². The quantitative estimate of drug-likeness (QED) is 0.614. The van der Waals surface area contributed by atoms with Crippen molar-refractivity contribution in [2.75, 3.05) is 44.4 Å². The summed E-state index contributed by atoms with van der Waals surface area (Å²) in [5.41, 5.74) is 1.50. The third-order valence-electron chi connectivity index (χ3n) is 7.38. The van der Waals surface area contributed by atoms with Gasteiger partial charge in [-0.25, -0.2) is 18.4 Å². The number of benzene rings is 1. The fraction of sp³-hybridized carbons (Fsp3) is 0.522. The molecule has 1 saturated carbocycles. The first kappa shape index (κ1) is 22.6. The predicted octanol–water partition coefficient (Wildman–Crippen LogP) is 2.55. The lowest BCUT2D eigenvalue weighted by Gasteiger charge is -2.38. The van der Waals surface area contributed by atoms with E-state index < -0.39 is 20.0 Å². The van der Waals surface area contributed by atoms with E-state index in [4.69, 9.17) is 16.3 Å². The minimum absolute atomic E-state index is 0.149. The topological polar surface area (TPSA) is 92.7 Å². The van der Waals surface area contributed by atoms with E-state index in [0.29, 0.717) is 36.0 Å². The Morgan fingerprint density at radius 2 is 1.79 bits per heavy atom. The third-order valence-corrected chi connectivity index (χ3v) is 9.63. The maximum atomic E-state index is 13.1. The number of hydrogen-bond donors (Lipinski definition) is 0. The van der Waals surface area contributed by atoms with Crippen molar-refractivity contribution >= 4 is 33.0 Å². The van der Waals surface area contributed by atoms with Gasteiger partial charge in [0.25, 0.3) is 0 Å². The highest BCUT2D eigenvalue weighted by molar-refractivity contribution is 7.91. The zero-order valence-electron chi connectivity index (χ0n) is 18.8. The van der Waals surface area contributed by atoms with Crippen molar-refractivity contribution in [3.05, 3.63) is 47.0 Å². The maximum Gasteiger partial charge on any atom is 0.237 e. The summed E-state index contributed by atoms with van der Waals surface area (Å²) in [6.07, 6.45) is 6.96. The maximum absolute atomic E-state index is 13.1. The van der Waals surface area contributed by atoms with Crippen molar-refractivity contribution < 1.29 is 17.9 Å². The number of halogens is 1. The van der Waals surface area contributed by atoms with Gasteiger partial charge in [0.15, 0.2) is 15.6 Å². The van der Waals surface area contributed by atoms with Crippen LogP contribution in [0.2, 0.25) is 5.02 Å². The summed E-state index contributed by atoms with van der Waals surface area (Å²) < 4.78 is 28.9. The Bertz CT molecular complexity index is 1190. The van der Waals surface area contributed by atoms with E-state index in [-0.39, 0.29) is 5.91 Å². The Morgan fingerprint density at radius 1 is 1.12 bits per heavy atom. The Morgan fingerprint density at radius 3 is 2.39 bits per heavy atom. The summed E-state index contributed by atoms with van der Waals surface area (Å²) in [5, 5.41) is 0.657. The van der Waals surface area contributed by atoms with E-state index in [1.54, 1.807) is 17.3 Å². The number of likely N-dealkylation sites (tertiary alicyclic amines) is 1. The smallest absolute Gasteiger partial charge is 0.237 e. The van der Waals surface area contributed by atoms with Crippen molar-refractivity contribution in [3.63, 3.8) is 0 Å². The van der Waals surface area contributed by atoms with E-state index in [0.717, 1.165) is 43.7 Å². The molecule has 1 aliphatic carbocycles. The van der Waals surface area contributed by atoms with E-state index in [9.17, 15) is 13.2 Å². The van der Waals surface area contributed by atoms with Gasteiger partial charge in [-0.2, -0.15) is 0 Å². The minimum atomic E-state index is -3.23. The van der Waals surface area contributed by atoms with Gasteiger partial charge < -0.3 is 9.64 Å². The molecule has 0 unspecified atom stereocenters. The number of anilines is 1. The molecule has 0 bridgehead atoms. The molecule has 1 aromatic heterocycles. The molecule has 5 rings (SSSR count). The Kier molecular flexibility index (Phi) is 5.42. The SMILES string of the molecule is CN1C(=O)C2(CCN(CCOc3cnc(C4(S(C)(=O)=O)CC4)nc3)CC2)c2cc(Cl)ccc21. The van der Waals surface area contributed by atoms with Crippen LogP contribution in [0.4, 0.5) is 5.69 Å². The van der Waals surface area contributed by atoms with Crippen LogP contribution in [0, 0.1) is 0 Å². The Balaban J connectivity index is 1.17. The lowest BCUT2D eigenvalue weighted by Crippen LogP contribution is -2.48. The van der Waals surface area contributed by atoms with Gasteiger partial charge >= 0.3 is 0 Å². The molecular weight excluding hydrogens is 464 g/mol. The standard InChI is InChI=1S/C23H27ClN4O4S/c1-27-19-4-3-16(24)13-18(19)22(21(27)29)7-9-28(10-8-22)11-12-32-17-14-25-20(26-15-17)23(5-6-23)33(2,30)31/h3-4,13-15H,5-12H2,1-2H3. The monoisotopic (exact) mass is 490 g/mol. The third kappa shape index (κ3) is 3.70. The highest BCUT2D eigenvalue weighted by atomic mass is 35.5. The molecule has 2 aromatic rings. The number of carbonyl (C=O) groups is 1. The van der Waals surface area contributed by atoms with Crippen molar-refractivity contribution in [1.29, 1.82) is 0 Å². The average Bonchev–Trinajstić information content (AvgIpc) is 3.59. The van der Waals surface area contributed by atoms with Crippen LogP contribution in [0.15, 0.2) is 30.6 Å². The Labute approximate surface area is 198 Å². The highest BCUT2D eigenvalue weighted by Gasteiger charge is 2.56. The first-order valence-corrected chi connectivity index (χ1v) is 13.4. The summed E-state index contributed by atoms with van der Waals surface area (Å²) in [5.74, 6) is 1.02. The van der Waals surface area contributed by atoms with Crippen LogP contribution in [0.1, 0.15) is 37.1 Å². The number of fused-ring (bicyclic) bond motifs is 2. The molecule has 3 heterocycles. The van der Waals surface area contributed by atoms with Crippen LogP contribution in [-0.2, 0) is 24.8 Å². The second-order valence-electron chi connectivity index (χ2n) is 9.31. The first-order valence-electron chi connectivity index (χ1n) is 11.1. The molecule has 10 heteroatoms. The van der Waals surface area contributed by atoms with Crippen LogP contribution in [-0.4, -0.2) is 68.7 Å². The second kappa shape index (κ2) is 7.92. The van der Waals surface area contributed by atoms with Gasteiger partial charge in [0.1, 0.15) is 17.2 Å². The van der Waals surface area contributed by atoms with Crippen LogP contribution in [0.3, 0.4) is 0 Å². The Hall–Kier alpha value is -2.23. The van der Waals surface area contributed by atoms with Crippen LogP contribution >= 0.6 is 11.6 Å². The van der Waals surface area contributed by atoms with Gasteiger partial charge in [-0.3, -0.25) is 9.69 Å². The highest BCUT2D eigenvalue weighted by Crippen LogP contribution is 2.51. The van der Waals surface area contributed by atoms with Crippen molar-refractivity contribution in [2.24, 2.45) is 0 Å². The number of piperidine rings is 1. The molecular formula is C23H27ClN4O4S. The molecule has 33 heavy (non-hydrogen) atoms. The fourth-order valence-electron chi connectivity index (χ4n) is 5.16. The lowest BCUT2D eigenvalue weighted by atomic mass is 9.73. The first-order chi connectivity index (χ1) is 15.7.